The number of ether oxygens (including phenoxy) is 1. The Balaban J connectivity index is 2.13. The van der Waals surface area contributed by atoms with Crippen LogP contribution in [0.2, 0.25) is 0 Å². The summed E-state index contributed by atoms with van der Waals surface area (Å²) in [7, 11) is -3.78. The van der Waals surface area contributed by atoms with Gasteiger partial charge >= 0.3 is 6.09 Å². The van der Waals surface area contributed by atoms with Crippen LogP contribution in [0.25, 0.3) is 0 Å². The summed E-state index contributed by atoms with van der Waals surface area (Å²) in [4.78, 5) is 25.2. The number of rotatable bonds is 3. The number of nitrogens with one attached hydrogen (secondary N) is 1. The second-order valence-electron chi connectivity index (χ2n) is 6.60. The van der Waals surface area contributed by atoms with Crippen LogP contribution in [0.5, 0.6) is 0 Å². The van der Waals surface area contributed by atoms with Gasteiger partial charge in [-0.3, -0.25) is 10.1 Å². The summed E-state index contributed by atoms with van der Waals surface area (Å²) in [5, 5.41) is 6.77. The van der Waals surface area contributed by atoms with Crippen molar-refractivity contribution in [2.24, 2.45) is 5.14 Å². The summed E-state index contributed by atoms with van der Waals surface area (Å²) in [6, 6.07) is 6.53. The van der Waals surface area contributed by atoms with E-state index in [1.807, 2.05) is 0 Å². The Morgan fingerprint density at radius 3 is 2.58 bits per heavy atom. The van der Waals surface area contributed by atoms with E-state index in [9.17, 15) is 18.0 Å². The van der Waals surface area contributed by atoms with Crippen molar-refractivity contribution in [3.05, 3.63) is 24.3 Å². The minimum absolute atomic E-state index is 0.00639. The molecule has 0 bridgehead atoms. The first-order valence-electron chi connectivity index (χ1n) is 7.38. The third kappa shape index (κ3) is 4.68. The standard InChI is InChI=1S/C15H21N3O5S/c1-15(2,3)23-14(20)17-10-5-4-6-11(7-10)18-9-12(8-13(18)19)24(16,21)22/h4-7,12H,8-9H2,1-3H3,(H,17,20)(H2,16,21,22). The van der Waals surface area contributed by atoms with Crippen LogP contribution in [0.3, 0.4) is 0 Å². The molecule has 8 nitrogen and oxygen atoms in total. The zero-order valence-corrected chi connectivity index (χ0v) is 14.6. The topological polar surface area (TPSA) is 119 Å². The molecule has 1 atom stereocenters. The predicted molar refractivity (Wildman–Crippen MR) is 90.2 cm³/mol. The Labute approximate surface area is 141 Å². The molecule has 2 rings (SSSR count). The summed E-state index contributed by atoms with van der Waals surface area (Å²) in [6.45, 7) is 5.24. The molecule has 0 radical (unpaired) electrons. The second-order valence-corrected chi connectivity index (χ2v) is 8.44. The number of amides is 2. The van der Waals surface area contributed by atoms with Crippen molar-refractivity contribution in [3.63, 3.8) is 0 Å². The van der Waals surface area contributed by atoms with Gasteiger partial charge in [0.05, 0.1) is 0 Å². The van der Waals surface area contributed by atoms with E-state index in [4.69, 9.17) is 9.88 Å². The Hall–Kier alpha value is -2.13. The summed E-state index contributed by atoms with van der Waals surface area (Å²) in [5.41, 5.74) is 0.295. The van der Waals surface area contributed by atoms with Gasteiger partial charge in [0.15, 0.2) is 0 Å². The number of hydrogen-bond acceptors (Lipinski definition) is 5. The number of anilines is 2. The normalized spacial score (nSPS) is 18.6. The molecule has 1 aliphatic rings. The minimum Gasteiger partial charge on any atom is -0.444 e. The first kappa shape index (κ1) is 18.2. The van der Waals surface area contributed by atoms with Crippen LogP contribution in [-0.2, 0) is 19.6 Å². The number of carbonyl (C=O) groups excluding carboxylic acids is 2. The highest BCUT2D eigenvalue weighted by Crippen LogP contribution is 2.26. The molecule has 0 spiro atoms. The van der Waals surface area contributed by atoms with Crippen LogP contribution in [0.4, 0.5) is 16.2 Å². The van der Waals surface area contributed by atoms with Crippen molar-refractivity contribution in [2.45, 2.75) is 38.0 Å². The lowest BCUT2D eigenvalue weighted by molar-refractivity contribution is -0.117. The quantitative estimate of drug-likeness (QED) is 0.850. The maximum atomic E-state index is 12.0. The van der Waals surface area contributed by atoms with E-state index in [1.165, 1.54) is 4.90 Å². The summed E-state index contributed by atoms with van der Waals surface area (Å²) in [5.74, 6) is -0.330. The number of hydrogen-bond donors (Lipinski definition) is 2. The molecule has 0 aromatic heterocycles. The molecule has 0 aliphatic carbocycles. The molecule has 1 aromatic rings. The van der Waals surface area contributed by atoms with E-state index in [0.29, 0.717) is 11.4 Å². The monoisotopic (exact) mass is 355 g/mol. The van der Waals surface area contributed by atoms with E-state index in [-0.39, 0.29) is 18.9 Å². The van der Waals surface area contributed by atoms with Gasteiger partial charge in [0, 0.05) is 24.3 Å². The third-order valence-corrected chi connectivity index (χ3v) is 4.60. The lowest BCUT2D eigenvalue weighted by Crippen LogP contribution is -2.32. The molecule has 132 valence electrons. The number of nitrogens with zero attached hydrogens (tertiary/aromatic N) is 1. The van der Waals surface area contributed by atoms with Crippen molar-refractivity contribution >= 4 is 33.4 Å². The number of primary sulfonamides is 1. The second kappa shape index (κ2) is 6.40. The predicted octanol–water partition coefficient (Wildman–Crippen LogP) is 1.43. The molecule has 2 amide bonds. The van der Waals surface area contributed by atoms with Crippen molar-refractivity contribution < 1.29 is 22.7 Å². The van der Waals surface area contributed by atoms with Crippen LogP contribution in [0.15, 0.2) is 24.3 Å². The highest BCUT2D eigenvalue weighted by atomic mass is 32.2. The average Bonchev–Trinajstić information content (AvgIpc) is 2.78. The van der Waals surface area contributed by atoms with Crippen molar-refractivity contribution in [1.29, 1.82) is 0 Å². The van der Waals surface area contributed by atoms with E-state index in [0.717, 1.165) is 0 Å². The van der Waals surface area contributed by atoms with E-state index < -0.39 is 27.0 Å². The highest BCUT2D eigenvalue weighted by molar-refractivity contribution is 7.89. The number of benzene rings is 1. The first-order valence-corrected chi connectivity index (χ1v) is 8.99. The minimum atomic E-state index is -3.78. The molecular formula is C15H21N3O5S. The first-order chi connectivity index (χ1) is 11.0. The van der Waals surface area contributed by atoms with Crippen LogP contribution >= 0.6 is 0 Å². The van der Waals surface area contributed by atoms with Crippen LogP contribution in [0, 0.1) is 0 Å². The van der Waals surface area contributed by atoms with Crippen LogP contribution in [-0.4, -0.2) is 37.8 Å². The van der Waals surface area contributed by atoms with E-state index >= 15 is 0 Å². The van der Waals surface area contributed by atoms with E-state index in [2.05, 4.69) is 5.32 Å². The summed E-state index contributed by atoms with van der Waals surface area (Å²) >= 11 is 0. The molecule has 1 heterocycles. The third-order valence-electron chi connectivity index (χ3n) is 3.36. The van der Waals surface area contributed by atoms with Crippen LogP contribution < -0.4 is 15.4 Å². The van der Waals surface area contributed by atoms with Gasteiger partial charge in [-0.05, 0) is 39.0 Å². The molecule has 0 saturated carbocycles. The van der Waals surface area contributed by atoms with Crippen molar-refractivity contribution in [2.75, 3.05) is 16.8 Å². The molecule has 1 aliphatic heterocycles. The van der Waals surface area contributed by atoms with Gasteiger partial charge in [-0.15, -0.1) is 0 Å². The van der Waals surface area contributed by atoms with E-state index in [1.54, 1.807) is 45.0 Å². The van der Waals surface area contributed by atoms with Crippen LogP contribution in [0.1, 0.15) is 27.2 Å². The number of carbonyl (C=O) groups is 2. The zero-order chi connectivity index (χ0) is 18.1. The van der Waals surface area contributed by atoms with Gasteiger partial charge < -0.3 is 9.64 Å². The fourth-order valence-corrected chi connectivity index (χ4v) is 3.05. The summed E-state index contributed by atoms with van der Waals surface area (Å²) < 4.78 is 28.0. The average molecular weight is 355 g/mol. The largest absolute Gasteiger partial charge is 0.444 e. The highest BCUT2D eigenvalue weighted by Gasteiger charge is 2.37. The zero-order valence-electron chi connectivity index (χ0n) is 13.8. The lowest BCUT2D eigenvalue weighted by atomic mass is 10.2. The Kier molecular flexibility index (Phi) is 4.86. The molecule has 3 N–H and O–H groups in total. The molecule has 24 heavy (non-hydrogen) atoms. The number of sulfonamides is 1. The lowest BCUT2D eigenvalue weighted by Gasteiger charge is -2.20. The number of nitrogens with two attached hydrogens (primary N) is 1. The molecule has 1 aromatic carbocycles. The molecule has 1 saturated heterocycles. The summed E-state index contributed by atoms with van der Waals surface area (Å²) in [6.07, 6.45) is -0.766. The fourth-order valence-electron chi connectivity index (χ4n) is 2.32. The van der Waals surface area contributed by atoms with Gasteiger partial charge in [-0.1, -0.05) is 6.07 Å². The maximum absolute atomic E-state index is 12.0. The van der Waals surface area contributed by atoms with Gasteiger partial charge in [-0.2, -0.15) is 0 Å². The molecule has 1 fully saturated rings. The van der Waals surface area contributed by atoms with Gasteiger partial charge in [-0.25, -0.2) is 18.4 Å². The Bertz CT molecular complexity index is 755. The Morgan fingerprint density at radius 2 is 2.04 bits per heavy atom. The smallest absolute Gasteiger partial charge is 0.412 e. The molecular weight excluding hydrogens is 334 g/mol. The van der Waals surface area contributed by atoms with Gasteiger partial charge in [0.1, 0.15) is 10.9 Å². The van der Waals surface area contributed by atoms with Crippen molar-refractivity contribution in [3.8, 4) is 0 Å². The maximum Gasteiger partial charge on any atom is 0.412 e. The fraction of sp³-hybridized carbons (Fsp3) is 0.467. The van der Waals surface area contributed by atoms with Gasteiger partial charge in [0.2, 0.25) is 15.9 Å². The molecule has 9 heteroatoms. The SMILES string of the molecule is CC(C)(C)OC(=O)Nc1cccc(N2CC(S(N)(=O)=O)CC2=O)c1. The molecule has 1 unspecified atom stereocenters. The van der Waals surface area contributed by atoms with Gasteiger partial charge in [0.25, 0.3) is 0 Å². The van der Waals surface area contributed by atoms with Crippen molar-refractivity contribution in [1.82, 2.24) is 0 Å². The Morgan fingerprint density at radius 1 is 1.38 bits per heavy atom.